The molecule has 0 aliphatic rings. The molecule has 0 fully saturated rings. The Kier molecular flexibility index (Phi) is 8.88. The zero-order valence-corrected chi connectivity index (χ0v) is 25.1. The number of aromatic nitrogens is 2. The molecule has 1 N–H and O–H groups in total. The maximum atomic E-state index is 13.9. The number of anilines is 1. The van der Waals surface area contributed by atoms with E-state index in [1.54, 1.807) is 12.1 Å². The van der Waals surface area contributed by atoms with Crippen molar-refractivity contribution in [1.82, 2.24) is 10.2 Å². The van der Waals surface area contributed by atoms with E-state index in [-0.39, 0.29) is 62.9 Å². The van der Waals surface area contributed by atoms with Gasteiger partial charge in [0.05, 0.1) is 40.5 Å². The summed E-state index contributed by atoms with van der Waals surface area (Å²) in [6.45, 7) is -0.694. The van der Waals surface area contributed by atoms with Gasteiger partial charge in [-0.15, -0.1) is 5.10 Å². The van der Waals surface area contributed by atoms with Crippen molar-refractivity contribution in [3.05, 3.63) is 68.9 Å². The van der Waals surface area contributed by atoms with Gasteiger partial charge in [0.2, 0.25) is 22.8 Å². The lowest BCUT2D eigenvalue weighted by molar-refractivity contribution is -0.384. The maximum absolute atomic E-state index is 13.9. The Bertz CT molecular complexity index is 1980. The molecule has 238 valence electrons. The van der Waals surface area contributed by atoms with Gasteiger partial charge in [-0.05, 0) is 18.2 Å². The highest BCUT2D eigenvalue weighted by atomic mass is 16.6. The van der Waals surface area contributed by atoms with Crippen molar-refractivity contribution in [2.45, 2.75) is 0 Å². The third-order valence-corrected chi connectivity index (χ3v) is 6.60. The van der Waals surface area contributed by atoms with Crippen molar-refractivity contribution in [2.75, 3.05) is 47.5 Å². The fraction of sp³-hybridized carbons (Fsp3) is 0.200. The van der Waals surface area contributed by atoms with Crippen LogP contribution in [0.15, 0.2) is 62.2 Å². The largest absolute Gasteiger partial charge is 0.496 e. The van der Waals surface area contributed by atoms with Gasteiger partial charge in [0.25, 0.3) is 11.6 Å². The molecule has 2 aromatic heterocycles. The monoisotopic (exact) mass is 634 g/mol. The summed E-state index contributed by atoms with van der Waals surface area (Å²) in [5, 5.41) is 21.1. The minimum Gasteiger partial charge on any atom is -0.496 e. The first-order valence-corrected chi connectivity index (χ1v) is 13.2. The molecule has 16 nitrogen and oxygen atoms in total. The number of ether oxygens (including phenoxy) is 6. The molecule has 3 aromatic carbocycles. The number of nitro groups is 1. The molecule has 46 heavy (non-hydrogen) atoms. The molecule has 0 radical (unpaired) electrons. The molecule has 5 aromatic rings. The van der Waals surface area contributed by atoms with Crippen LogP contribution >= 0.6 is 0 Å². The van der Waals surface area contributed by atoms with Crippen molar-refractivity contribution in [3.8, 4) is 57.3 Å². The Morgan fingerprint density at radius 2 is 1.57 bits per heavy atom. The predicted molar refractivity (Wildman–Crippen MR) is 161 cm³/mol. The zero-order valence-electron chi connectivity index (χ0n) is 25.1. The summed E-state index contributed by atoms with van der Waals surface area (Å²) >= 11 is 0. The topological polar surface area (TPSA) is 197 Å². The Morgan fingerprint density at radius 1 is 0.848 bits per heavy atom. The van der Waals surface area contributed by atoms with E-state index in [2.05, 4.69) is 15.5 Å². The van der Waals surface area contributed by atoms with Gasteiger partial charge in [0.15, 0.2) is 23.9 Å². The van der Waals surface area contributed by atoms with Crippen LogP contribution in [0.1, 0.15) is 0 Å². The highest BCUT2D eigenvalue weighted by Crippen LogP contribution is 2.44. The summed E-state index contributed by atoms with van der Waals surface area (Å²) in [7, 11) is 7.12. The van der Waals surface area contributed by atoms with Gasteiger partial charge in [-0.1, -0.05) is 11.2 Å². The SMILES string of the molecule is COc1cc(OC)c2c(=O)c(OCC(=O)Nc3nnc(-c4cccc([N+](=O)[O-])c4)o3)c(-c3cc(OC)c(OC)c(OC)c3)oc2c1. The molecule has 0 saturated carbocycles. The fourth-order valence-corrected chi connectivity index (χ4v) is 4.49. The molecule has 0 unspecified atom stereocenters. The van der Waals surface area contributed by atoms with E-state index in [1.165, 1.54) is 71.9 Å². The predicted octanol–water partition coefficient (Wildman–Crippen LogP) is 4.48. The van der Waals surface area contributed by atoms with E-state index >= 15 is 0 Å². The zero-order chi connectivity index (χ0) is 33.0. The summed E-state index contributed by atoms with van der Waals surface area (Å²) in [6.07, 6.45) is 0. The normalized spacial score (nSPS) is 10.7. The molecule has 0 aliphatic heterocycles. The molecule has 0 aliphatic carbocycles. The Labute approximate surface area is 259 Å². The number of methoxy groups -OCH3 is 5. The van der Waals surface area contributed by atoms with Crippen LogP contribution in [0.5, 0.6) is 34.5 Å². The number of rotatable bonds is 12. The Hall–Kier alpha value is -6.32. The van der Waals surface area contributed by atoms with E-state index in [9.17, 15) is 19.7 Å². The first-order valence-electron chi connectivity index (χ1n) is 13.2. The van der Waals surface area contributed by atoms with Crippen LogP contribution in [0.2, 0.25) is 0 Å². The summed E-state index contributed by atoms with van der Waals surface area (Å²) in [5.74, 6) is 0.104. The Balaban J connectivity index is 1.51. The van der Waals surface area contributed by atoms with Gasteiger partial charge in [0, 0.05) is 35.4 Å². The number of fused-ring (bicyclic) bond motifs is 1. The number of nitrogens with one attached hydrogen (secondary N) is 1. The quantitative estimate of drug-likeness (QED) is 0.149. The van der Waals surface area contributed by atoms with E-state index in [0.717, 1.165) is 0 Å². The fourth-order valence-electron chi connectivity index (χ4n) is 4.49. The number of hydrogen-bond donors (Lipinski definition) is 1. The van der Waals surface area contributed by atoms with Crippen molar-refractivity contribution in [2.24, 2.45) is 0 Å². The van der Waals surface area contributed by atoms with Gasteiger partial charge in [0.1, 0.15) is 22.5 Å². The smallest absolute Gasteiger partial charge is 0.322 e. The number of hydrogen-bond acceptors (Lipinski definition) is 14. The minimum absolute atomic E-state index is 0.0356. The molecular formula is C30H26N4O12. The van der Waals surface area contributed by atoms with E-state index in [1.807, 2.05) is 0 Å². The molecule has 5 rings (SSSR count). The van der Waals surface area contributed by atoms with Crippen molar-refractivity contribution in [1.29, 1.82) is 0 Å². The maximum Gasteiger partial charge on any atom is 0.322 e. The van der Waals surface area contributed by atoms with Gasteiger partial charge in [-0.3, -0.25) is 25.0 Å². The van der Waals surface area contributed by atoms with Crippen molar-refractivity contribution >= 4 is 28.6 Å². The number of nitrogens with zero attached hydrogens (tertiary/aromatic N) is 3. The molecule has 16 heteroatoms. The lowest BCUT2D eigenvalue weighted by atomic mass is 10.1. The van der Waals surface area contributed by atoms with Gasteiger partial charge < -0.3 is 37.3 Å². The number of carbonyl (C=O) groups excluding carboxylic acids is 1. The van der Waals surface area contributed by atoms with Crippen LogP contribution in [-0.4, -0.2) is 63.2 Å². The molecular weight excluding hydrogens is 608 g/mol. The number of non-ortho nitro benzene ring substituents is 1. The van der Waals surface area contributed by atoms with Crippen LogP contribution in [0.3, 0.4) is 0 Å². The first kappa shape index (κ1) is 31.1. The molecule has 0 spiro atoms. The number of carbonyl (C=O) groups is 1. The van der Waals surface area contributed by atoms with Crippen LogP contribution in [0, 0.1) is 10.1 Å². The first-order chi connectivity index (χ1) is 22.2. The molecule has 2 heterocycles. The average molecular weight is 635 g/mol. The van der Waals surface area contributed by atoms with Gasteiger partial charge in [-0.2, -0.15) is 0 Å². The molecule has 0 bridgehead atoms. The van der Waals surface area contributed by atoms with Crippen LogP contribution < -0.4 is 39.2 Å². The summed E-state index contributed by atoms with van der Waals surface area (Å²) < 4.78 is 44.5. The lowest BCUT2D eigenvalue weighted by Crippen LogP contribution is -2.23. The summed E-state index contributed by atoms with van der Waals surface area (Å²) in [6, 6.07) is 11.3. The van der Waals surface area contributed by atoms with E-state index in [0.29, 0.717) is 17.1 Å². The van der Waals surface area contributed by atoms with Crippen molar-refractivity contribution < 1.29 is 47.0 Å². The lowest BCUT2D eigenvalue weighted by Gasteiger charge is -2.16. The highest BCUT2D eigenvalue weighted by molar-refractivity contribution is 5.91. The van der Waals surface area contributed by atoms with E-state index < -0.39 is 22.9 Å². The van der Waals surface area contributed by atoms with Crippen LogP contribution in [-0.2, 0) is 4.79 Å². The number of amides is 1. The number of nitro benzene ring substituents is 1. The Morgan fingerprint density at radius 3 is 2.20 bits per heavy atom. The second-order valence-corrected chi connectivity index (χ2v) is 9.26. The third kappa shape index (κ3) is 6.03. The van der Waals surface area contributed by atoms with Crippen LogP contribution in [0.4, 0.5) is 11.7 Å². The molecule has 0 saturated heterocycles. The summed E-state index contributed by atoms with van der Waals surface area (Å²) in [4.78, 5) is 37.4. The van der Waals surface area contributed by atoms with Crippen LogP contribution in [0.25, 0.3) is 33.7 Å². The van der Waals surface area contributed by atoms with Gasteiger partial charge in [-0.25, -0.2) is 0 Å². The minimum atomic E-state index is -0.772. The second kappa shape index (κ2) is 13.1. The van der Waals surface area contributed by atoms with Crippen molar-refractivity contribution in [3.63, 3.8) is 0 Å². The standard InChI is InChI=1S/C30H26N4O12/c1-39-18-12-19(40-2)24-20(13-18)45-26(16-10-21(41-3)27(43-5)22(11-16)42-4)28(25(24)36)44-14-23(35)31-30-33-32-29(46-30)15-7-6-8-17(9-15)34(37)38/h6-13H,14H2,1-5H3,(H,31,33,35). The third-order valence-electron chi connectivity index (χ3n) is 6.60. The second-order valence-electron chi connectivity index (χ2n) is 9.26. The van der Waals surface area contributed by atoms with E-state index in [4.69, 9.17) is 37.3 Å². The number of benzene rings is 3. The molecule has 0 atom stereocenters. The average Bonchev–Trinajstić information content (AvgIpc) is 3.54. The molecule has 1 amide bonds. The van der Waals surface area contributed by atoms with Gasteiger partial charge >= 0.3 is 6.01 Å². The highest BCUT2D eigenvalue weighted by Gasteiger charge is 2.25. The summed E-state index contributed by atoms with van der Waals surface area (Å²) in [5.41, 5.74) is -0.150.